The summed E-state index contributed by atoms with van der Waals surface area (Å²) >= 11 is 0. The van der Waals surface area contributed by atoms with Gasteiger partial charge < -0.3 is 4.84 Å². The van der Waals surface area contributed by atoms with E-state index in [9.17, 15) is 4.79 Å². The van der Waals surface area contributed by atoms with Gasteiger partial charge in [-0.05, 0) is 30.7 Å². The van der Waals surface area contributed by atoms with Crippen molar-refractivity contribution in [2.45, 2.75) is 84.0 Å². The molecule has 4 nitrogen and oxygen atoms in total. The zero-order chi connectivity index (χ0) is 22.0. The molecule has 2 rings (SSSR count). The fraction of sp³-hybridized carbons (Fsp3) is 0.519. The molecular weight excluding hydrogens is 386 g/mol. The van der Waals surface area contributed by atoms with Crippen LogP contribution in [0, 0.1) is 0 Å². The maximum Gasteiger partial charge on any atom is 0.366 e. The Bertz CT molecular complexity index is 690. The molecule has 0 bridgehead atoms. The minimum atomic E-state index is -0.431. The van der Waals surface area contributed by atoms with Gasteiger partial charge in [0.2, 0.25) is 0 Å². The highest BCUT2D eigenvalue weighted by Crippen LogP contribution is 2.17. The molecule has 0 atom stereocenters. The number of unbranched alkanes of at least 4 members (excludes halogenated alkanes) is 11. The summed E-state index contributed by atoms with van der Waals surface area (Å²) in [4.78, 5) is 23.7. The van der Waals surface area contributed by atoms with Crippen LogP contribution in [-0.4, -0.2) is 12.6 Å². The summed E-state index contributed by atoms with van der Waals surface area (Å²) in [6.07, 6.45) is 15.6. The maximum atomic E-state index is 12.4. The Morgan fingerprint density at radius 3 is 1.71 bits per heavy atom. The van der Waals surface area contributed by atoms with Crippen LogP contribution in [0.15, 0.2) is 60.7 Å². The Morgan fingerprint density at radius 2 is 1.16 bits per heavy atom. The number of carbonyl (C=O) groups is 1. The van der Waals surface area contributed by atoms with E-state index < -0.39 is 5.97 Å². The molecule has 0 amide bonds. The number of rotatable bonds is 17. The van der Waals surface area contributed by atoms with Crippen molar-refractivity contribution in [2.75, 3.05) is 11.8 Å². The van der Waals surface area contributed by atoms with E-state index in [4.69, 9.17) is 9.68 Å². The fourth-order valence-corrected chi connectivity index (χ4v) is 3.50. The summed E-state index contributed by atoms with van der Waals surface area (Å²) in [7, 11) is 0. The molecule has 0 heterocycles. The molecule has 0 saturated heterocycles. The Balaban J connectivity index is 1.61. The lowest BCUT2D eigenvalue weighted by Gasteiger charge is -2.21. The van der Waals surface area contributed by atoms with E-state index in [2.05, 4.69) is 6.92 Å². The summed E-state index contributed by atoms with van der Waals surface area (Å²) in [5.41, 5.74) is 1.20. The van der Waals surface area contributed by atoms with Gasteiger partial charge in [-0.3, -0.25) is 0 Å². The zero-order valence-electron chi connectivity index (χ0n) is 19.1. The van der Waals surface area contributed by atoms with Crippen molar-refractivity contribution in [3.05, 3.63) is 66.2 Å². The second-order valence-electron chi connectivity index (χ2n) is 8.06. The van der Waals surface area contributed by atoms with Crippen LogP contribution in [0.4, 0.5) is 5.69 Å². The second-order valence-corrected chi connectivity index (χ2v) is 8.06. The van der Waals surface area contributed by atoms with Crippen molar-refractivity contribution in [2.24, 2.45) is 0 Å². The molecule has 0 aliphatic carbocycles. The first-order valence-corrected chi connectivity index (χ1v) is 12.1. The van der Waals surface area contributed by atoms with Crippen molar-refractivity contribution in [3.63, 3.8) is 0 Å². The molecule has 0 aliphatic heterocycles. The molecule has 0 aromatic heterocycles. The van der Waals surface area contributed by atoms with Crippen LogP contribution in [0.25, 0.3) is 0 Å². The third kappa shape index (κ3) is 11.0. The average Bonchev–Trinajstić information content (AvgIpc) is 2.82. The highest BCUT2D eigenvalue weighted by atomic mass is 17.0. The number of benzene rings is 2. The van der Waals surface area contributed by atoms with Gasteiger partial charge in [-0.15, -0.1) is 0 Å². The third-order valence-corrected chi connectivity index (χ3v) is 5.35. The van der Waals surface area contributed by atoms with Gasteiger partial charge in [0, 0.05) is 0 Å². The van der Waals surface area contributed by atoms with Crippen LogP contribution >= 0.6 is 0 Å². The Kier molecular flexibility index (Phi) is 13.2. The number of carbonyl (C=O) groups excluding carboxylic acids is 1. The quantitative estimate of drug-likeness (QED) is 0.191. The highest BCUT2D eigenvalue weighted by molar-refractivity contribution is 5.89. The first-order valence-electron chi connectivity index (χ1n) is 12.1. The number of hydrogen-bond donors (Lipinski definition) is 0. The second kappa shape index (κ2) is 16.4. The molecule has 0 radical (unpaired) electrons. The Morgan fingerprint density at radius 1 is 0.677 bits per heavy atom. The van der Waals surface area contributed by atoms with Crippen LogP contribution in [0.1, 0.15) is 94.3 Å². The van der Waals surface area contributed by atoms with Crippen molar-refractivity contribution in [1.29, 1.82) is 0 Å². The summed E-state index contributed by atoms with van der Waals surface area (Å²) in [6.45, 7) is 2.79. The van der Waals surface area contributed by atoms with E-state index in [1.807, 2.05) is 48.5 Å². The van der Waals surface area contributed by atoms with Crippen LogP contribution in [0.5, 0.6) is 0 Å². The Labute approximate surface area is 188 Å². The summed E-state index contributed by atoms with van der Waals surface area (Å²) in [6, 6.07) is 18.4. The predicted molar refractivity (Wildman–Crippen MR) is 128 cm³/mol. The van der Waals surface area contributed by atoms with E-state index in [-0.39, 0.29) is 0 Å². The standard InChI is InChI=1S/C27H39NO3/c1-2-3-4-5-6-7-8-9-10-11-12-19-24-30-28(26-22-17-14-18-23-26)31-27(29)25-20-15-13-16-21-25/h13-18,20-23H,2-12,19,24H2,1H3. The van der Waals surface area contributed by atoms with Gasteiger partial charge in [0.1, 0.15) is 5.69 Å². The lowest BCUT2D eigenvalue weighted by Crippen LogP contribution is -2.28. The van der Waals surface area contributed by atoms with Gasteiger partial charge in [0.25, 0.3) is 0 Å². The highest BCUT2D eigenvalue weighted by Gasteiger charge is 2.15. The van der Waals surface area contributed by atoms with E-state index >= 15 is 0 Å². The molecule has 0 unspecified atom stereocenters. The summed E-state index contributed by atoms with van der Waals surface area (Å²) < 4.78 is 0. The van der Waals surface area contributed by atoms with Crippen molar-refractivity contribution >= 4 is 11.7 Å². The molecule has 2 aromatic carbocycles. The van der Waals surface area contributed by atoms with E-state index in [0.717, 1.165) is 12.8 Å². The molecule has 0 saturated carbocycles. The molecule has 170 valence electrons. The predicted octanol–water partition coefficient (Wildman–Crippen LogP) is 7.90. The van der Waals surface area contributed by atoms with Gasteiger partial charge in [-0.1, -0.05) is 119 Å². The normalized spacial score (nSPS) is 10.7. The molecule has 31 heavy (non-hydrogen) atoms. The van der Waals surface area contributed by atoms with E-state index in [1.165, 1.54) is 69.4 Å². The minimum Gasteiger partial charge on any atom is -0.309 e. The van der Waals surface area contributed by atoms with Crippen molar-refractivity contribution < 1.29 is 14.5 Å². The molecule has 0 N–H and O–H groups in total. The molecule has 0 aliphatic rings. The maximum absolute atomic E-state index is 12.4. The zero-order valence-corrected chi connectivity index (χ0v) is 19.1. The topological polar surface area (TPSA) is 38.8 Å². The SMILES string of the molecule is CCCCCCCCCCCCCCON(OC(=O)c1ccccc1)c1ccccc1. The number of para-hydroxylation sites is 1. The van der Waals surface area contributed by atoms with Gasteiger partial charge >= 0.3 is 5.97 Å². The first kappa shape index (κ1) is 24.9. The largest absolute Gasteiger partial charge is 0.366 e. The van der Waals surface area contributed by atoms with Crippen LogP contribution < -0.4 is 5.23 Å². The number of nitrogens with zero attached hydrogens (tertiary/aromatic N) is 1. The molecule has 2 aromatic rings. The van der Waals surface area contributed by atoms with Gasteiger partial charge in [-0.2, -0.15) is 0 Å². The van der Waals surface area contributed by atoms with E-state index in [1.54, 1.807) is 12.1 Å². The van der Waals surface area contributed by atoms with Crippen LogP contribution in [0.2, 0.25) is 0 Å². The average molecular weight is 426 g/mol. The van der Waals surface area contributed by atoms with E-state index in [0.29, 0.717) is 17.9 Å². The first-order chi connectivity index (χ1) is 15.3. The fourth-order valence-electron chi connectivity index (χ4n) is 3.50. The lowest BCUT2D eigenvalue weighted by molar-refractivity contribution is -0.0624. The van der Waals surface area contributed by atoms with Gasteiger partial charge in [0.05, 0.1) is 12.2 Å². The van der Waals surface area contributed by atoms with Gasteiger partial charge in [-0.25, -0.2) is 9.63 Å². The minimum absolute atomic E-state index is 0.431. The molecule has 4 heteroatoms. The van der Waals surface area contributed by atoms with Crippen molar-refractivity contribution in [1.82, 2.24) is 0 Å². The summed E-state index contributed by atoms with van der Waals surface area (Å²) in [5, 5.41) is 1.24. The number of hydrogen-bond acceptors (Lipinski definition) is 4. The third-order valence-electron chi connectivity index (χ3n) is 5.35. The number of anilines is 1. The molecule has 0 spiro atoms. The molecule has 0 fully saturated rings. The smallest absolute Gasteiger partial charge is 0.309 e. The summed E-state index contributed by atoms with van der Waals surface area (Å²) in [5.74, 6) is -0.431. The monoisotopic (exact) mass is 425 g/mol. The lowest BCUT2D eigenvalue weighted by atomic mass is 10.1. The molecular formula is C27H39NO3. The van der Waals surface area contributed by atoms with Crippen LogP contribution in [0.3, 0.4) is 0 Å². The Hall–Kier alpha value is -2.33. The van der Waals surface area contributed by atoms with Gasteiger partial charge in [0.15, 0.2) is 0 Å². The van der Waals surface area contributed by atoms with Crippen molar-refractivity contribution in [3.8, 4) is 0 Å². The van der Waals surface area contributed by atoms with Crippen LogP contribution in [-0.2, 0) is 9.68 Å².